The van der Waals surface area contributed by atoms with Gasteiger partial charge in [-0.2, -0.15) is 0 Å². The van der Waals surface area contributed by atoms with Gasteiger partial charge in [-0.1, -0.05) is 60.2 Å². The van der Waals surface area contributed by atoms with Gasteiger partial charge in [0.05, 0.1) is 11.7 Å². The van der Waals surface area contributed by atoms with Crippen LogP contribution in [0.3, 0.4) is 0 Å². The molecule has 7 nitrogen and oxygen atoms in total. The van der Waals surface area contributed by atoms with Crippen LogP contribution in [0.15, 0.2) is 104 Å². The van der Waals surface area contributed by atoms with Crippen molar-refractivity contribution >= 4 is 27.7 Å². The first-order chi connectivity index (χ1) is 18.6. The number of pyridine rings is 2. The number of H-pyrrole nitrogens is 1. The van der Waals surface area contributed by atoms with E-state index in [0.717, 1.165) is 38.7 Å². The molecule has 3 aromatic carbocycles. The number of fused-ring (bicyclic) bond motifs is 2. The van der Waals surface area contributed by atoms with E-state index in [-0.39, 0.29) is 11.7 Å². The maximum absolute atomic E-state index is 13.0. The lowest BCUT2D eigenvalue weighted by atomic mass is 9.92. The van der Waals surface area contributed by atoms with E-state index in [2.05, 4.69) is 44.0 Å². The summed E-state index contributed by atoms with van der Waals surface area (Å²) in [6.45, 7) is 2.05. The average molecular weight is 500 g/mol. The summed E-state index contributed by atoms with van der Waals surface area (Å²) in [6, 6.07) is 26.5. The molecule has 4 N–H and O–H groups in total. The number of hydrogen-bond acceptors (Lipinski definition) is 5. The number of hydrogen-bond donors (Lipinski definition) is 4. The monoisotopic (exact) mass is 499 g/mol. The third-order valence-electron chi connectivity index (χ3n) is 6.71. The molecule has 1 amide bonds. The van der Waals surface area contributed by atoms with E-state index < -0.39 is 6.04 Å². The summed E-state index contributed by atoms with van der Waals surface area (Å²) < 4.78 is 0. The lowest BCUT2D eigenvalue weighted by Crippen LogP contribution is -2.40. The van der Waals surface area contributed by atoms with Crippen molar-refractivity contribution in [2.24, 2.45) is 0 Å². The van der Waals surface area contributed by atoms with Gasteiger partial charge in [0.2, 0.25) is 0 Å². The molecule has 0 bridgehead atoms. The van der Waals surface area contributed by atoms with E-state index in [4.69, 9.17) is 0 Å². The lowest BCUT2D eigenvalue weighted by molar-refractivity contribution is 0.0928. The van der Waals surface area contributed by atoms with Gasteiger partial charge >= 0.3 is 0 Å². The molecule has 3 heterocycles. The second-order valence-corrected chi connectivity index (χ2v) is 9.17. The Morgan fingerprint density at radius 2 is 1.74 bits per heavy atom. The first-order valence-electron chi connectivity index (χ1n) is 12.3. The van der Waals surface area contributed by atoms with E-state index in [0.29, 0.717) is 16.6 Å². The minimum Gasteiger partial charge on any atom is -0.505 e. The van der Waals surface area contributed by atoms with Gasteiger partial charge in [0.15, 0.2) is 0 Å². The van der Waals surface area contributed by atoms with Crippen molar-refractivity contribution in [3.63, 3.8) is 0 Å². The predicted octanol–water partition coefficient (Wildman–Crippen LogP) is 5.82. The van der Waals surface area contributed by atoms with Crippen LogP contribution in [0.25, 0.3) is 33.1 Å². The van der Waals surface area contributed by atoms with Crippen molar-refractivity contribution < 1.29 is 9.90 Å². The number of benzene rings is 3. The molecule has 1 unspecified atom stereocenters. The molecule has 6 aromatic rings. The number of aromatic hydroxyl groups is 1. The van der Waals surface area contributed by atoms with Crippen LogP contribution in [-0.4, -0.2) is 26.0 Å². The van der Waals surface area contributed by atoms with Crippen molar-refractivity contribution in [2.45, 2.75) is 13.0 Å². The van der Waals surface area contributed by atoms with Crippen LogP contribution in [0.5, 0.6) is 5.75 Å². The smallest absolute Gasteiger partial charge is 0.265 e. The summed E-state index contributed by atoms with van der Waals surface area (Å²) >= 11 is 0. The third-order valence-corrected chi connectivity index (χ3v) is 6.71. The van der Waals surface area contributed by atoms with Gasteiger partial charge in [0.25, 0.3) is 5.91 Å². The summed E-state index contributed by atoms with van der Waals surface area (Å²) in [5.74, 6) is -0.257. The highest BCUT2D eigenvalue weighted by molar-refractivity contribution is 5.95. The number of carbonyl (C=O) groups excluding carboxylic acids is 1. The van der Waals surface area contributed by atoms with E-state index >= 15 is 0 Å². The van der Waals surface area contributed by atoms with Crippen LogP contribution in [0.2, 0.25) is 0 Å². The summed E-state index contributed by atoms with van der Waals surface area (Å²) in [6.07, 6.45) is 4.80. The Bertz CT molecular complexity index is 1760. The molecule has 6 rings (SSSR count). The van der Waals surface area contributed by atoms with E-state index in [1.54, 1.807) is 30.7 Å². The maximum Gasteiger partial charge on any atom is 0.265 e. The van der Waals surface area contributed by atoms with Crippen LogP contribution in [0.4, 0.5) is 0 Å². The van der Waals surface area contributed by atoms with Gasteiger partial charge in [-0.05, 0) is 42.8 Å². The fraction of sp³-hybridized carbons (Fsp3) is 0.0645. The largest absolute Gasteiger partial charge is 0.505 e. The van der Waals surface area contributed by atoms with Gasteiger partial charge in [0, 0.05) is 51.6 Å². The van der Waals surface area contributed by atoms with Gasteiger partial charge < -0.3 is 10.1 Å². The highest BCUT2D eigenvalue weighted by atomic mass is 16.3. The Labute approximate surface area is 219 Å². The Morgan fingerprint density at radius 3 is 2.55 bits per heavy atom. The normalized spacial score (nSPS) is 12.0. The molecule has 1 atom stereocenters. The summed E-state index contributed by atoms with van der Waals surface area (Å²) in [5.41, 5.74) is 12.5. The standard InChI is InChI=1S/C31H25N5O2/c1-19-9-12-25-24(18-19)26(27(34-25)20-6-3-2-4-7-20)29(35-36-31(38)22-13-16-32-17-14-22)23-11-10-21-8-5-15-33-28(21)30(23)37/h2-18,29,34-35,37H,1H3,(H,36,38). The van der Waals surface area contributed by atoms with E-state index in [1.807, 2.05) is 61.5 Å². The van der Waals surface area contributed by atoms with Crippen LogP contribution < -0.4 is 10.9 Å². The molecule has 0 saturated heterocycles. The molecule has 0 spiro atoms. The Kier molecular flexibility index (Phi) is 6.03. The first-order valence-corrected chi connectivity index (χ1v) is 12.3. The molecule has 0 radical (unpaired) electrons. The fourth-order valence-corrected chi connectivity index (χ4v) is 4.86. The molecule has 7 heteroatoms. The van der Waals surface area contributed by atoms with E-state index in [1.165, 1.54) is 0 Å². The molecule has 0 aliphatic rings. The zero-order valence-electron chi connectivity index (χ0n) is 20.6. The van der Waals surface area contributed by atoms with Crippen molar-refractivity contribution in [1.29, 1.82) is 0 Å². The van der Waals surface area contributed by atoms with Crippen LogP contribution >= 0.6 is 0 Å². The Balaban J connectivity index is 1.56. The van der Waals surface area contributed by atoms with Crippen molar-refractivity contribution in [3.05, 3.63) is 126 Å². The number of phenols is 1. The number of rotatable bonds is 6. The number of carbonyl (C=O) groups is 1. The number of aromatic nitrogens is 3. The lowest BCUT2D eigenvalue weighted by Gasteiger charge is -2.23. The number of amides is 1. The van der Waals surface area contributed by atoms with Gasteiger partial charge in [-0.25, -0.2) is 5.43 Å². The number of aryl methyl sites for hydroxylation is 1. The number of phenolic OH excluding ortho intramolecular Hbond substituents is 1. The van der Waals surface area contributed by atoms with Crippen molar-refractivity contribution in [2.75, 3.05) is 0 Å². The van der Waals surface area contributed by atoms with Crippen LogP contribution in [0.1, 0.15) is 33.1 Å². The van der Waals surface area contributed by atoms with Crippen molar-refractivity contribution in [3.8, 4) is 17.0 Å². The van der Waals surface area contributed by atoms with Gasteiger partial charge in [0.1, 0.15) is 11.3 Å². The third kappa shape index (κ3) is 4.25. The topological polar surface area (TPSA) is 103 Å². The molecular weight excluding hydrogens is 474 g/mol. The number of nitrogens with zero attached hydrogens (tertiary/aromatic N) is 2. The number of hydrazine groups is 1. The Morgan fingerprint density at radius 1 is 0.921 bits per heavy atom. The minimum atomic E-state index is -0.613. The molecule has 0 aliphatic heterocycles. The summed E-state index contributed by atoms with van der Waals surface area (Å²) in [7, 11) is 0. The van der Waals surface area contributed by atoms with Crippen LogP contribution in [-0.2, 0) is 0 Å². The van der Waals surface area contributed by atoms with E-state index in [9.17, 15) is 9.90 Å². The SMILES string of the molecule is Cc1ccc2[nH]c(-c3ccccc3)c(C(NNC(=O)c3ccncc3)c3ccc4cccnc4c3O)c2c1. The van der Waals surface area contributed by atoms with Gasteiger partial charge in [-0.15, -0.1) is 0 Å². The molecule has 0 saturated carbocycles. The molecule has 38 heavy (non-hydrogen) atoms. The zero-order valence-corrected chi connectivity index (χ0v) is 20.6. The second kappa shape index (κ2) is 9.80. The highest BCUT2D eigenvalue weighted by Gasteiger charge is 2.27. The van der Waals surface area contributed by atoms with Crippen LogP contribution in [0, 0.1) is 6.92 Å². The predicted molar refractivity (Wildman–Crippen MR) is 149 cm³/mol. The summed E-state index contributed by atoms with van der Waals surface area (Å²) in [4.78, 5) is 25.0. The second-order valence-electron chi connectivity index (χ2n) is 9.17. The average Bonchev–Trinajstić information content (AvgIpc) is 3.33. The molecule has 3 aromatic heterocycles. The quantitative estimate of drug-likeness (QED) is 0.216. The number of nitrogens with one attached hydrogen (secondary N) is 3. The minimum absolute atomic E-state index is 0.0553. The number of aromatic amines is 1. The fourth-order valence-electron chi connectivity index (χ4n) is 4.86. The highest BCUT2D eigenvalue weighted by Crippen LogP contribution is 2.41. The maximum atomic E-state index is 13.0. The van der Waals surface area contributed by atoms with Gasteiger partial charge in [-0.3, -0.25) is 20.2 Å². The van der Waals surface area contributed by atoms with Crippen molar-refractivity contribution in [1.82, 2.24) is 25.8 Å². The summed E-state index contributed by atoms with van der Waals surface area (Å²) in [5, 5.41) is 13.3. The molecule has 0 aliphatic carbocycles. The molecule has 0 fully saturated rings. The first kappa shape index (κ1) is 23.4. The molecule has 186 valence electrons. The zero-order chi connectivity index (χ0) is 26.1. The molecular formula is C31H25N5O2. The Hall–Kier alpha value is -5.01.